The molecule has 1 aliphatic rings. The molecule has 1 fully saturated rings. The minimum Gasteiger partial charge on any atom is -0.317 e. The van der Waals surface area contributed by atoms with E-state index in [1.165, 1.54) is 23.3 Å². The smallest absolute Gasteiger partial charge is 0.00693 e. The van der Waals surface area contributed by atoms with Gasteiger partial charge in [-0.25, -0.2) is 0 Å². The minimum absolute atomic E-state index is 0.391. The third-order valence-corrected chi connectivity index (χ3v) is 4.24. The lowest BCUT2D eigenvalue weighted by molar-refractivity contribution is 0.335. The van der Waals surface area contributed by atoms with Crippen LogP contribution in [0.1, 0.15) is 25.3 Å². The second-order valence-corrected chi connectivity index (χ2v) is 5.42. The van der Waals surface area contributed by atoms with Gasteiger partial charge in [0.15, 0.2) is 0 Å². The van der Waals surface area contributed by atoms with E-state index in [4.69, 9.17) is 0 Å². The van der Waals surface area contributed by atoms with Gasteiger partial charge < -0.3 is 5.32 Å². The van der Waals surface area contributed by atoms with Gasteiger partial charge in [0.2, 0.25) is 0 Å². The topological polar surface area (TPSA) is 12.0 Å². The molecule has 0 unspecified atom stereocenters. The van der Waals surface area contributed by atoms with E-state index in [0.717, 1.165) is 13.1 Å². The van der Waals surface area contributed by atoms with E-state index in [0.29, 0.717) is 5.41 Å². The summed E-state index contributed by atoms with van der Waals surface area (Å²) in [6.45, 7) is 4.70. The molecule has 2 rings (SSSR count). The largest absolute Gasteiger partial charge is 0.317 e. The van der Waals surface area contributed by atoms with Crippen LogP contribution >= 0.6 is 11.8 Å². The molecule has 0 aromatic heterocycles. The summed E-state index contributed by atoms with van der Waals surface area (Å²) in [5.74, 6) is 0. The maximum Gasteiger partial charge on any atom is 0.00693 e. The molecular formula is C13H19NS. The molecule has 0 spiro atoms. The number of nitrogens with one attached hydrogen (secondary N) is 1. The molecule has 0 saturated carbocycles. The normalized spacial score (nSPS) is 20.1. The molecule has 1 heterocycles. The molecule has 15 heavy (non-hydrogen) atoms. The van der Waals surface area contributed by atoms with Gasteiger partial charge in [0.25, 0.3) is 0 Å². The summed E-state index contributed by atoms with van der Waals surface area (Å²) in [6, 6.07) is 9.09. The van der Waals surface area contributed by atoms with Crippen molar-refractivity contribution in [2.24, 2.45) is 0 Å². The van der Waals surface area contributed by atoms with Crippen LogP contribution in [0.4, 0.5) is 0 Å². The molecule has 0 bridgehead atoms. The predicted octanol–water partition coefficient (Wildman–Crippen LogP) is 3.05. The first kappa shape index (κ1) is 11.0. The number of piperidine rings is 1. The molecule has 0 aliphatic carbocycles. The second kappa shape index (κ2) is 4.58. The van der Waals surface area contributed by atoms with E-state index in [1.807, 2.05) is 11.8 Å². The highest BCUT2D eigenvalue weighted by molar-refractivity contribution is 7.98. The minimum atomic E-state index is 0.391. The lowest BCUT2D eigenvalue weighted by atomic mass is 9.75. The van der Waals surface area contributed by atoms with Crippen molar-refractivity contribution in [3.05, 3.63) is 29.8 Å². The van der Waals surface area contributed by atoms with Crippen molar-refractivity contribution in [2.75, 3.05) is 19.3 Å². The third kappa shape index (κ3) is 2.37. The molecule has 1 aliphatic heterocycles. The first-order chi connectivity index (χ1) is 7.24. The molecule has 1 N–H and O–H groups in total. The van der Waals surface area contributed by atoms with Gasteiger partial charge in [-0.05, 0) is 55.3 Å². The lowest BCUT2D eigenvalue weighted by Crippen LogP contribution is -2.37. The fourth-order valence-electron chi connectivity index (χ4n) is 2.26. The van der Waals surface area contributed by atoms with E-state index in [2.05, 4.69) is 42.8 Å². The molecule has 1 nitrogen and oxygen atoms in total. The summed E-state index contributed by atoms with van der Waals surface area (Å²) in [5, 5.41) is 3.43. The zero-order chi connectivity index (χ0) is 10.7. The van der Waals surface area contributed by atoms with Crippen molar-refractivity contribution in [3.8, 4) is 0 Å². The Bertz CT molecular complexity index is 312. The second-order valence-electron chi connectivity index (χ2n) is 4.54. The summed E-state index contributed by atoms with van der Waals surface area (Å²) in [4.78, 5) is 1.36. The molecule has 0 atom stereocenters. The van der Waals surface area contributed by atoms with Crippen molar-refractivity contribution in [1.82, 2.24) is 5.32 Å². The van der Waals surface area contributed by atoms with Crippen LogP contribution in [0.3, 0.4) is 0 Å². The highest BCUT2D eigenvalue weighted by Gasteiger charge is 2.28. The molecule has 1 aromatic rings. The van der Waals surface area contributed by atoms with Crippen LogP contribution in [0.2, 0.25) is 0 Å². The Balaban J connectivity index is 2.20. The monoisotopic (exact) mass is 221 g/mol. The Kier molecular flexibility index (Phi) is 3.37. The van der Waals surface area contributed by atoms with E-state index in [9.17, 15) is 0 Å². The van der Waals surface area contributed by atoms with Gasteiger partial charge in [0, 0.05) is 4.90 Å². The number of hydrogen-bond acceptors (Lipinski definition) is 2. The van der Waals surface area contributed by atoms with E-state index >= 15 is 0 Å². The number of hydrogen-bond donors (Lipinski definition) is 1. The van der Waals surface area contributed by atoms with Crippen LogP contribution in [-0.4, -0.2) is 19.3 Å². The molecule has 1 saturated heterocycles. The average Bonchev–Trinajstić information content (AvgIpc) is 2.30. The van der Waals surface area contributed by atoms with Gasteiger partial charge in [-0.3, -0.25) is 0 Å². The lowest BCUT2D eigenvalue weighted by Gasteiger charge is -2.34. The molecule has 0 radical (unpaired) electrons. The number of rotatable bonds is 2. The zero-order valence-corrected chi connectivity index (χ0v) is 10.4. The molecule has 1 aromatic carbocycles. The Morgan fingerprint density at radius 2 is 1.73 bits per heavy atom. The maximum atomic E-state index is 3.43. The van der Waals surface area contributed by atoms with Crippen LogP contribution in [0, 0.1) is 0 Å². The molecular weight excluding hydrogens is 202 g/mol. The number of thioether (sulfide) groups is 1. The summed E-state index contributed by atoms with van der Waals surface area (Å²) in [5.41, 5.74) is 1.89. The van der Waals surface area contributed by atoms with Crippen molar-refractivity contribution in [2.45, 2.75) is 30.1 Å². The quantitative estimate of drug-likeness (QED) is 0.770. The van der Waals surface area contributed by atoms with Crippen LogP contribution < -0.4 is 5.32 Å². The van der Waals surface area contributed by atoms with Gasteiger partial charge in [-0.15, -0.1) is 11.8 Å². The first-order valence-electron chi connectivity index (χ1n) is 5.60. The molecule has 82 valence electrons. The van der Waals surface area contributed by atoms with Crippen LogP contribution in [0.5, 0.6) is 0 Å². The predicted molar refractivity (Wildman–Crippen MR) is 67.7 cm³/mol. The fourth-order valence-corrected chi connectivity index (χ4v) is 2.67. The van der Waals surface area contributed by atoms with Gasteiger partial charge in [0.05, 0.1) is 0 Å². The standard InChI is InChI=1S/C13H19NS/c1-13(7-9-14-10-8-13)11-3-5-12(15-2)6-4-11/h3-6,14H,7-10H2,1-2H3. The van der Waals surface area contributed by atoms with Gasteiger partial charge in [-0.1, -0.05) is 19.1 Å². The van der Waals surface area contributed by atoms with Crippen LogP contribution in [-0.2, 0) is 5.41 Å². The highest BCUT2D eigenvalue weighted by Crippen LogP contribution is 2.33. The van der Waals surface area contributed by atoms with E-state index < -0.39 is 0 Å². The Hall–Kier alpha value is -0.470. The average molecular weight is 221 g/mol. The van der Waals surface area contributed by atoms with Crippen molar-refractivity contribution in [1.29, 1.82) is 0 Å². The molecule has 2 heteroatoms. The van der Waals surface area contributed by atoms with Crippen LogP contribution in [0.25, 0.3) is 0 Å². The first-order valence-corrected chi connectivity index (χ1v) is 6.82. The van der Waals surface area contributed by atoms with Gasteiger partial charge in [0.1, 0.15) is 0 Å². The zero-order valence-electron chi connectivity index (χ0n) is 9.55. The Morgan fingerprint density at radius 1 is 1.13 bits per heavy atom. The third-order valence-electron chi connectivity index (χ3n) is 3.49. The molecule has 0 amide bonds. The fraction of sp³-hybridized carbons (Fsp3) is 0.538. The summed E-state index contributed by atoms with van der Waals surface area (Å²) in [6.07, 6.45) is 4.64. The maximum absolute atomic E-state index is 3.43. The summed E-state index contributed by atoms with van der Waals surface area (Å²) < 4.78 is 0. The van der Waals surface area contributed by atoms with Gasteiger partial charge >= 0.3 is 0 Å². The summed E-state index contributed by atoms with van der Waals surface area (Å²) in [7, 11) is 0. The van der Waals surface area contributed by atoms with E-state index in [-0.39, 0.29) is 0 Å². The highest BCUT2D eigenvalue weighted by atomic mass is 32.2. The SMILES string of the molecule is CSc1ccc(C2(C)CCNCC2)cc1. The van der Waals surface area contributed by atoms with Crippen molar-refractivity contribution < 1.29 is 0 Å². The van der Waals surface area contributed by atoms with Gasteiger partial charge in [-0.2, -0.15) is 0 Å². The summed E-state index contributed by atoms with van der Waals surface area (Å²) >= 11 is 1.81. The number of benzene rings is 1. The van der Waals surface area contributed by atoms with Crippen LogP contribution in [0.15, 0.2) is 29.2 Å². The van der Waals surface area contributed by atoms with E-state index in [1.54, 1.807) is 0 Å². The van der Waals surface area contributed by atoms with Crippen molar-refractivity contribution >= 4 is 11.8 Å². The van der Waals surface area contributed by atoms with Crippen molar-refractivity contribution in [3.63, 3.8) is 0 Å². The Morgan fingerprint density at radius 3 is 2.27 bits per heavy atom. The Labute approximate surface area is 96.7 Å².